The van der Waals surface area contributed by atoms with Gasteiger partial charge in [-0.2, -0.15) is 4.31 Å². The minimum Gasteiger partial charge on any atom is -0.348 e. The van der Waals surface area contributed by atoms with Gasteiger partial charge in [0.05, 0.1) is 16.9 Å². The number of rotatable bonds is 4. The summed E-state index contributed by atoms with van der Waals surface area (Å²) in [6.07, 6.45) is 4.95. The van der Waals surface area contributed by atoms with Gasteiger partial charge in [-0.15, -0.1) is 0 Å². The van der Waals surface area contributed by atoms with Crippen LogP contribution in [-0.4, -0.2) is 47.3 Å². The van der Waals surface area contributed by atoms with Crippen LogP contribution in [-0.2, 0) is 28.9 Å². The molecule has 1 saturated heterocycles. The molecule has 1 aromatic heterocycles. The molecule has 2 aromatic carbocycles. The Kier molecular flexibility index (Phi) is 6.24. The third-order valence-corrected chi connectivity index (χ3v) is 9.79. The summed E-state index contributed by atoms with van der Waals surface area (Å²) in [4.78, 5) is 17.3. The van der Waals surface area contributed by atoms with E-state index >= 15 is 0 Å². The second-order valence-corrected chi connectivity index (χ2v) is 12.5. The van der Waals surface area contributed by atoms with Gasteiger partial charge in [-0.1, -0.05) is 35.9 Å². The van der Waals surface area contributed by atoms with Gasteiger partial charge >= 0.3 is 0 Å². The summed E-state index contributed by atoms with van der Waals surface area (Å²) in [7, 11) is -1.91. The first-order valence-electron chi connectivity index (χ1n) is 11.0. The van der Waals surface area contributed by atoms with Crippen molar-refractivity contribution in [3.63, 3.8) is 0 Å². The average Bonchev–Trinajstić information content (AvgIpc) is 3.37. The Hall–Kier alpha value is -1.95. The van der Waals surface area contributed by atoms with Crippen LogP contribution >= 0.6 is 34.2 Å². The lowest BCUT2D eigenvalue weighted by atomic mass is 9.71. The molecule has 1 fully saturated rings. The number of fused-ring (bicyclic) bond motifs is 2. The van der Waals surface area contributed by atoms with E-state index in [0.29, 0.717) is 42.9 Å². The van der Waals surface area contributed by atoms with Crippen LogP contribution in [0.2, 0.25) is 5.02 Å². The van der Waals surface area contributed by atoms with Crippen molar-refractivity contribution in [3.05, 3.63) is 80.3 Å². The third kappa shape index (κ3) is 4.06. The van der Waals surface area contributed by atoms with E-state index in [1.807, 2.05) is 18.2 Å². The molecule has 1 spiro atoms. The van der Waals surface area contributed by atoms with Crippen LogP contribution < -0.4 is 5.32 Å². The van der Waals surface area contributed by atoms with Crippen molar-refractivity contribution in [2.75, 3.05) is 13.1 Å². The van der Waals surface area contributed by atoms with Crippen LogP contribution in [0.1, 0.15) is 34.3 Å². The fourth-order valence-corrected chi connectivity index (χ4v) is 7.63. The molecule has 1 N–H and O–H groups in total. The first kappa shape index (κ1) is 23.8. The maximum atomic E-state index is 13.2. The highest BCUT2D eigenvalue weighted by Gasteiger charge is 2.50. The van der Waals surface area contributed by atoms with Crippen molar-refractivity contribution in [2.24, 2.45) is 7.05 Å². The van der Waals surface area contributed by atoms with Crippen LogP contribution in [0.4, 0.5) is 0 Å². The number of amides is 1. The van der Waals surface area contributed by atoms with E-state index in [-0.39, 0.29) is 22.4 Å². The van der Waals surface area contributed by atoms with Gasteiger partial charge in [-0.25, -0.2) is 13.4 Å². The van der Waals surface area contributed by atoms with E-state index in [4.69, 9.17) is 11.6 Å². The molecule has 1 unspecified atom stereocenters. The number of carbonyl (C=O) groups is 1. The van der Waals surface area contributed by atoms with Gasteiger partial charge in [0.1, 0.15) is 0 Å². The first-order valence-corrected chi connectivity index (χ1v) is 13.9. The van der Waals surface area contributed by atoms with Gasteiger partial charge in [0, 0.05) is 41.4 Å². The highest BCUT2D eigenvalue weighted by molar-refractivity contribution is 14.1. The van der Waals surface area contributed by atoms with Crippen LogP contribution in [0.15, 0.2) is 60.0 Å². The molecule has 7 nitrogen and oxygen atoms in total. The van der Waals surface area contributed by atoms with E-state index in [9.17, 15) is 13.2 Å². The molecule has 0 bridgehead atoms. The molecule has 1 aliphatic carbocycles. The van der Waals surface area contributed by atoms with E-state index in [1.54, 1.807) is 23.7 Å². The smallest absolute Gasteiger partial charge is 0.262 e. The average molecular weight is 611 g/mol. The van der Waals surface area contributed by atoms with Gasteiger partial charge in [-0.3, -0.25) is 4.79 Å². The summed E-state index contributed by atoms with van der Waals surface area (Å²) >= 11 is 8.52. The van der Waals surface area contributed by atoms with E-state index in [1.165, 1.54) is 28.0 Å². The zero-order valence-corrected chi connectivity index (χ0v) is 22.3. The summed E-state index contributed by atoms with van der Waals surface area (Å²) in [6, 6.07) is 13.5. The lowest BCUT2D eigenvalue weighted by Crippen LogP contribution is -2.54. The van der Waals surface area contributed by atoms with Gasteiger partial charge in [0.15, 0.2) is 5.03 Å². The molecule has 0 saturated carbocycles. The largest absolute Gasteiger partial charge is 0.348 e. The lowest BCUT2D eigenvalue weighted by molar-refractivity contribution is 0.0897. The maximum absolute atomic E-state index is 13.2. The third-order valence-electron chi connectivity index (χ3n) is 7.03. The van der Waals surface area contributed by atoms with Crippen LogP contribution in [0.3, 0.4) is 0 Å². The molecule has 10 heteroatoms. The van der Waals surface area contributed by atoms with Gasteiger partial charge < -0.3 is 9.88 Å². The number of piperidine rings is 1. The van der Waals surface area contributed by atoms with Crippen LogP contribution in [0.5, 0.6) is 0 Å². The van der Waals surface area contributed by atoms with Crippen molar-refractivity contribution in [3.8, 4) is 0 Å². The number of carbonyl (C=O) groups excluding carboxylic acids is 1. The van der Waals surface area contributed by atoms with E-state index < -0.39 is 10.0 Å². The second kappa shape index (κ2) is 8.92. The quantitative estimate of drug-likeness (QED) is 0.456. The Morgan fingerprint density at radius 3 is 2.62 bits per heavy atom. The maximum Gasteiger partial charge on any atom is 0.262 e. The first-order chi connectivity index (χ1) is 16.2. The van der Waals surface area contributed by atoms with Crippen LogP contribution in [0, 0.1) is 3.57 Å². The molecule has 5 rings (SSSR count). The fraction of sp³-hybridized carbons (Fsp3) is 0.333. The summed E-state index contributed by atoms with van der Waals surface area (Å²) < 4.78 is 30.4. The van der Waals surface area contributed by atoms with E-state index in [2.05, 4.69) is 45.0 Å². The molecular weight excluding hydrogens is 587 g/mol. The van der Waals surface area contributed by atoms with Gasteiger partial charge in [0.25, 0.3) is 15.9 Å². The number of imidazole rings is 1. The molecule has 2 aliphatic rings. The second-order valence-electron chi connectivity index (χ2n) is 8.95. The van der Waals surface area contributed by atoms with Crippen molar-refractivity contribution < 1.29 is 13.2 Å². The summed E-state index contributed by atoms with van der Waals surface area (Å²) in [5.41, 5.74) is 2.51. The van der Waals surface area contributed by atoms with Crippen molar-refractivity contribution in [1.29, 1.82) is 0 Å². The Labute approximate surface area is 217 Å². The fourth-order valence-electron chi connectivity index (χ4n) is 5.28. The number of nitrogens with zero attached hydrogens (tertiary/aromatic N) is 3. The van der Waals surface area contributed by atoms with Gasteiger partial charge in [-0.05, 0) is 71.2 Å². The predicted octanol–water partition coefficient (Wildman–Crippen LogP) is 3.76. The van der Waals surface area contributed by atoms with Crippen molar-refractivity contribution in [1.82, 2.24) is 19.2 Å². The minimum atomic E-state index is -3.66. The summed E-state index contributed by atoms with van der Waals surface area (Å²) in [5, 5.41) is 3.73. The zero-order valence-electron chi connectivity index (χ0n) is 18.5. The number of hydrogen-bond donors (Lipinski definition) is 1. The molecule has 3 aromatic rings. The molecule has 178 valence electrons. The number of sulfonamides is 1. The Balaban J connectivity index is 1.42. The molecule has 1 amide bonds. The normalized spacial score (nSPS) is 19.8. The highest BCUT2D eigenvalue weighted by Crippen LogP contribution is 2.47. The number of nitrogens with one attached hydrogen (secondary N) is 1. The number of hydrogen-bond acceptors (Lipinski definition) is 4. The predicted molar refractivity (Wildman–Crippen MR) is 138 cm³/mol. The molecule has 34 heavy (non-hydrogen) atoms. The SMILES string of the molecule is Cn1cnc(S(=O)(=O)N2CCC3(CC2)c2ccccc2CC3NC(=O)c2ccc(I)cc2Cl)c1. The Morgan fingerprint density at radius 1 is 1.21 bits per heavy atom. The molecular formula is C24H24ClIN4O3S. The molecule has 0 radical (unpaired) electrons. The Bertz CT molecular complexity index is 1370. The molecule has 2 heterocycles. The molecule has 1 aliphatic heterocycles. The van der Waals surface area contributed by atoms with Crippen LogP contribution in [0.25, 0.3) is 0 Å². The number of halogens is 2. The van der Waals surface area contributed by atoms with E-state index in [0.717, 1.165) is 3.57 Å². The number of aromatic nitrogens is 2. The highest BCUT2D eigenvalue weighted by atomic mass is 127. The van der Waals surface area contributed by atoms with Crippen molar-refractivity contribution >= 4 is 50.1 Å². The summed E-state index contributed by atoms with van der Waals surface area (Å²) in [5.74, 6) is -0.206. The number of aryl methyl sites for hydroxylation is 1. The number of benzene rings is 2. The Morgan fingerprint density at radius 2 is 1.94 bits per heavy atom. The topological polar surface area (TPSA) is 84.3 Å². The monoisotopic (exact) mass is 610 g/mol. The standard InChI is InChI=1S/C24H24ClIN4O3S/c1-29-14-22(27-15-29)34(32,33)30-10-8-24(9-11-30)19-5-3-2-4-16(19)12-21(24)28-23(31)18-7-6-17(26)13-20(18)25/h2-7,13-15,21H,8-12H2,1H3,(H,28,31). The van der Waals surface area contributed by atoms with Crippen molar-refractivity contribution in [2.45, 2.75) is 35.7 Å². The minimum absolute atomic E-state index is 0.0657. The summed E-state index contributed by atoms with van der Waals surface area (Å²) in [6.45, 7) is 0.730. The lowest BCUT2D eigenvalue weighted by Gasteiger charge is -2.43. The molecule has 1 atom stereocenters. The zero-order chi connectivity index (χ0) is 24.1. The van der Waals surface area contributed by atoms with Gasteiger partial charge in [0.2, 0.25) is 0 Å².